The second-order valence-corrected chi connectivity index (χ2v) is 6.27. The Hall–Kier alpha value is -1.37. The van der Waals surface area contributed by atoms with Gasteiger partial charge in [-0.1, -0.05) is 35.9 Å². The van der Waals surface area contributed by atoms with Crippen LogP contribution in [0.4, 0.5) is 0 Å². The van der Waals surface area contributed by atoms with E-state index in [-0.39, 0.29) is 6.04 Å². The van der Waals surface area contributed by atoms with E-state index in [0.717, 1.165) is 25.4 Å². The van der Waals surface area contributed by atoms with Crippen molar-refractivity contribution >= 4 is 34.2 Å². The maximum atomic E-state index is 6.31. The van der Waals surface area contributed by atoms with E-state index in [2.05, 4.69) is 27.7 Å². The van der Waals surface area contributed by atoms with Crippen molar-refractivity contribution in [3.05, 3.63) is 80.6 Å². The summed E-state index contributed by atoms with van der Waals surface area (Å²) in [4.78, 5) is 0. The van der Waals surface area contributed by atoms with Crippen molar-refractivity contribution in [1.29, 1.82) is 0 Å². The van der Waals surface area contributed by atoms with Gasteiger partial charge in [0, 0.05) is 15.3 Å². The van der Waals surface area contributed by atoms with Crippen LogP contribution in [0, 0.1) is 3.57 Å². The molecule has 0 saturated heterocycles. The van der Waals surface area contributed by atoms with Crippen LogP contribution in [0.15, 0.2) is 60.9 Å². The zero-order valence-corrected chi connectivity index (χ0v) is 14.0. The summed E-state index contributed by atoms with van der Waals surface area (Å²) in [5.41, 5.74) is 9.26. The van der Waals surface area contributed by atoms with Crippen LogP contribution in [-0.2, 0) is 0 Å². The molecular formula is C16H13ClIN3. The Kier molecular flexibility index (Phi) is 4.28. The lowest BCUT2D eigenvalue weighted by Crippen LogP contribution is -2.11. The number of halogens is 2. The summed E-state index contributed by atoms with van der Waals surface area (Å²) in [6.07, 6.45) is 3.75. The number of para-hydroxylation sites is 1. The molecule has 1 heterocycles. The number of nitrogens with zero attached hydrogens (tertiary/aromatic N) is 2. The maximum Gasteiger partial charge on any atom is 0.0645 e. The molecule has 2 aromatic carbocycles. The molecule has 0 amide bonds. The minimum atomic E-state index is -0.239. The lowest BCUT2D eigenvalue weighted by Gasteiger charge is -2.10. The summed E-state index contributed by atoms with van der Waals surface area (Å²) in [5.74, 6) is 0. The van der Waals surface area contributed by atoms with Gasteiger partial charge in [0.2, 0.25) is 0 Å². The van der Waals surface area contributed by atoms with Crippen LogP contribution in [0.1, 0.15) is 17.2 Å². The largest absolute Gasteiger partial charge is 0.320 e. The number of nitrogens with two attached hydrogens (primary N) is 1. The molecule has 0 fully saturated rings. The highest BCUT2D eigenvalue weighted by molar-refractivity contribution is 14.1. The molecule has 0 aliphatic carbocycles. The molecule has 0 aliphatic rings. The Morgan fingerprint density at radius 1 is 1.10 bits per heavy atom. The molecule has 3 nitrogen and oxygen atoms in total. The molecule has 0 aliphatic heterocycles. The first-order chi connectivity index (χ1) is 10.1. The SMILES string of the molecule is NC(c1ccc(I)c(Cl)c1)c1cnn(-c2ccccc2)c1. The van der Waals surface area contributed by atoms with Gasteiger partial charge in [-0.2, -0.15) is 5.10 Å². The third-order valence-electron chi connectivity index (χ3n) is 3.29. The Morgan fingerprint density at radius 3 is 2.57 bits per heavy atom. The second-order valence-electron chi connectivity index (χ2n) is 4.71. The Labute approximate surface area is 141 Å². The molecule has 1 unspecified atom stereocenters. The van der Waals surface area contributed by atoms with Gasteiger partial charge >= 0.3 is 0 Å². The van der Waals surface area contributed by atoms with Gasteiger partial charge < -0.3 is 5.73 Å². The van der Waals surface area contributed by atoms with Gasteiger partial charge in [-0.05, 0) is 52.4 Å². The first-order valence-corrected chi connectivity index (χ1v) is 7.91. The number of hydrogen-bond acceptors (Lipinski definition) is 2. The van der Waals surface area contributed by atoms with Crippen molar-refractivity contribution in [2.24, 2.45) is 5.73 Å². The Morgan fingerprint density at radius 2 is 1.86 bits per heavy atom. The van der Waals surface area contributed by atoms with Crippen molar-refractivity contribution < 1.29 is 0 Å². The number of aromatic nitrogens is 2. The van der Waals surface area contributed by atoms with E-state index >= 15 is 0 Å². The minimum Gasteiger partial charge on any atom is -0.320 e. The first-order valence-electron chi connectivity index (χ1n) is 6.45. The molecule has 3 rings (SSSR count). The van der Waals surface area contributed by atoms with Crippen molar-refractivity contribution in [3.63, 3.8) is 0 Å². The summed E-state index contributed by atoms with van der Waals surface area (Å²) in [6.45, 7) is 0. The molecule has 0 spiro atoms. The fraction of sp³-hybridized carbons (Fsp3) is 0.0625. The van der Waals surface area contributed by atoms with Crippen LogP contribution < -0.4 is 5.73 Å². The number of rotatable bonds is 3. The highest BCUT2D eigenvalue weighted by Gasteiger charge is 2.13. The number of hydrogen-bond donors (Lipinski definition) is 1. The second kappa shape index (κ2) is 6.17. The molecule has 1 atom stereocenters. The zero-order valence-electron chi connectivity index (χ0n) is 11.1. The smallest absolute Gasteiger partial charge is 0.0645 e. The van der Waals surface area contributed by atoms with E-state index in [4.69, 9.17) is 17.3 Å². The molecular weight excluding hydrogens is 397 g/mol. The van der Waals surface area contributed by atoms with E-state index in [9.17, 15) is 0 Å². The summed E-state index contributed by atoms with van der Waals surface area (Å²) in [6, 6.07) is 15.6. The minimum absolute atomic E-state index is 0.239. The number of benzene rings is 2. The summed E-state index contributed by atoms with van der Waals surface area (Å²) >= 11 is 8.36. The van der Waals surface area contributed by atoms with E-state index in [1.165, 1.54) is 0 Å². The van der Waals surface area contributed by atoms with Crippen LogP contribution in [0.2, 0.25) is 5.02 Å². The fourth-order valence-electron chi connectivity index (χ4n) is 2.12. The van der Waals surface area contributed by atoms with E-state index in [0.29, 0.717) is 0 Å². The topological polar surface area (TPSA) is 43.8 Å². The Bertz CT molecular complexity index is 755. The van der Waals surface area contributed by atoms with Crippen LogP contribution >= 0.6 is 34.2 Å². The van der Waals surface area contributed by atoms with Crippen molar-refractivity contribution in [3.8, 4) is 5.69 Å². The molecule has 21 heavy (non-hydrogen) atoms. The molecule has 5 heteroatoms. The molecule has 1 aromatic heterocycles. The van der Waals surface area contributed by atoms with E-state index < -0.39 is 0 Å². The molecule has 3 aromatic rings. The monoisotopic (exact) mass is 409 g/mol. The van der Waals surface area contributed by atoms with Gasteiger partial charge in [0.25, 0.3) is 0 Å². The van der Waals surface area contributed by atoms with Gasteiger partial charge in [-0.15, -0.1) is 0 Å². The predicted octanol–water partition coefficient (Wildman–Crippen LogP) is 4.18. The molecule has 0 saturated carbocycles. The van der Waals surface area contributed by atoms with Crippen LogP contribution in [-0.4, -0.2) is 9.78 Å². The predicted molar refractivity (Wildman–Crippen MR) is 93.8 cm³/mol. The van der Waals surface area contributed by atoms with E-state index in [1.54, 1.807) is 6.20 Å². The third-order valence-corrected chi connectivity index (χ3v) is 4.86. The first kappa shape index (κ1) is 14.6. The molecule has 106 valence electrons. The molecule has 2 N–H and O–H groups in total. The molecule has 0 bridgehead atoms. The van der Waals surface area contributed by atoms with Gasteiger partial charge in [0.15, 0.2) is 0 Å². The van der Waals surface area contributed by atoms with Crippen molar-refractivity contribution in [1.82, 2.24) is 9.78 Å². The third kappa shape index (κ3) is 3.12. The van der Waals surface area contributed by atoms with Crippen molar-refractivity contribution in [2.45, 2.75) is 6.04 Å². The van der Waals surface area contributed by atoms with E-state index in [1.807, 2.05) is 59.4 Å². The lowest BCUT2D eigenvalue weighted by molar-refractivity contribution is 0.861. The zero-order chi connectivity index (χ0) is 14.8. The van der Waals surface area contributed by atoms with Crippen LogP contribution in [0.25, 0.3) is 5.69 Å². The quantitative estimate of drug-likeness (QED) is 0.660. The average Bonchev–Trinajstić information content (AvgIpc) is 3.00. The summed E-state index contributed by atoms with van der Waals surface area (Å²) in [7, 11) is 0. The van der Waals surface area contributed by atoms with Gasteiger partial charge in [-0.25, -0.2) is 4.68 Å². The van der Waals surface area contributed by atoms with Crippen LogP contribution in [0.3, 0.4) is 0 Å². The lowest BCUT2D eigenvalue weighted by atomic mass is 10.0. The summed E-state index contributed by atoms with van der Waals surface area (Å²) < 4.78 is 2.84. The highest BCUT2D eigenvalue weighted by atomic mass is 127. The van der Waals surface area contributed by atoms with Gasteiger partial charge in [0.1, 0.15) is 0 Å². The molecule has 0 radical (unpaired) electrons. The Balaban J connectivity index is 1.90. The average molecular weight is 410 g/mol. The van der Waals surface area contributed by atoms with Crippen molar-refractivity contribution in [2.75, 3.05) is 0 Å². The van der Waals surface area contributed by atoms with Crippen LogP contribution in [0.5, 0.6) is 0 Å². The standard InChI is InChI=1S/C16H13ClIN3/c17-14-8-11(6-7-15(14)18)16(19)12-9-20-21(10-12)13-4-2-1-3-5-13/h1-10,16H,19H2. The summed E-state index contributed by atoms with van der Waals surface area (Å²) in [5, 5.41) is 5.10. The highest BCUT2D eigenvalue weighted by Crippen LogP contribution is 2.26. The van der Waals surface area contributed by atoms with Gasteiger partial charge in [-0.3, -0.25) is 0 Å². The normalized spacial score (nSPS) is 12.3. The van der Waals surface area contributed by atoms with Gasteiger partial charge in [0.05, 0.1) is 22.9 Å². The maximum absolute atomic E-state index is 6.31. The fourth-order valence-corrected chi connectivity index (χ4v) is 2.64.